The van der Waals surface area contributed by atoms with Crippen molar-refractivity contribution in [3.05, 3.63) is 52.9 Å². The Morgan fingerprint density at radius 3 is 2.67 bits per heavy atom. The number of carbonyl (C=O) groups excluding carboxylic acids is 1. The van der Waals surface area contributed by atoms with E-state index >= 15 is 0 Å². The maximum absolute atomic E-state index is 13.2. The van der Waals surface area contributed by atoms with Crippen LogP contribution in [0.4, 0.5) is 20.5 Å². The summed E-state index contributed by atoms with van der Waals surface area (Å²) in [5.41, 5.74) is 4.06. The van der Waals surface area contributed by atoms with Gasteiger partial charge < -0.3 is 19.5 Å². The maximum Gasteiger partial charge on any atom is 0.295 e. The summed E-state index contributed by atoms with van der Waals surface area (Å²) in [7, 11) is 1.83. The second-order valence-corrected chi connectivity index (χ2v) is 10.3. The number of rotatable bonds is 7. The van der Waals surface area contributed by atoms with Crippen LogP contribution in [-0.4, -0.2) is 74.4 Å². The zero-order chi connectivity index (χ0) is 27.8. The summed E-state index contributed by atoms with van der Waals surface area (Å²) in [5, 5.41) is 8.79. The van der Waals surface area contributed by atoms with Crippen LogP contribution >= 0.6 is 11.3 Å². The fourth-order valence-electron chi connectivity index (χ4n) is 4.44. The third kappa shape index (κ3) is 5.01. The second-order valence-electron chi connectivity index (χ2n) is 9.12. The van der Waals surface area contributed by atoms with Crippen molar-refractivity contribution in [2.45, 2.75) is 13.0 Å². The number of fused-ring (bicyclic) bond motifs is 2. The molecule has 15 heteroatoms. The number of hydroxylamine groups is 1. The first kappa shape index (κ1) is 25.9. The van der Waals surface area contributed by atoms with Crippen LogP contribution in [-0.2, 0) is 11.3 Å². The van der Waals surface area contributed by atoms with E-state index in [9.17, 15) is 13.6 Å². The highest BCUT2D eigenvalue weighted by Gasteiger charge is 2.22. The van der Waals surface area contributed by atoms with Gasteiger partial charge in [-0.3, -0.25) is 10.0 Å². The number of imidazole rings is 1. The van der Waals surface area contributed by atoms with Gasteiger partial charge in [-0.15, -0.1) is 11.3 Å². The molecular formula is C25H23F2N9O3S. The topological polar surface area (TPSA) is 145 Å². The molecule has 12 nitrogen and oxygen atoms in total. The first-order chi connectivity index (χ1) is 19.4. The number of halogens is 2. The van der Waals surface area contributed by atoms with Crippen molar-refractivity contribution in [3.8, 4) is 11.4 Å². The molecule has 0 bridgehead atoms. The average Bonchev–Trinajstić information content (AvgIpc) is 3.60. The molecule has 6 rings (SSSR count). The van der Waals surface area contributed by atoms with Crippen molar-refractivity contribution in [2.75, 3.05) is 43.2 Å². The first-order valence-corrected chi connectivity index (χ1v) is 13.1. The molecule has 4 aromatic heterocycles. The Hall–Kier alpha value is -4.34. The highest BCUT2D eigenvalue weighted by molar-refractivity contribution is 7.19. The Kier molecular flexibility index (Phi) is 6.91. The lowest BCUT2D eigenvalue weighted by Gasteiger charge is -2.28. The van der Waals surface area contributed by atoms with Crippen LogP contribution < -0.4 is 15.3 Å². The van der Waals surface area contributed by atoms with Crippen LogP contribution in [0.3, 0.4) is 0 Å². The lowest BCUT2D eigenvalue weighted by Crippen LogP contribution is -2.36. The molecule has 1 aromatic carbocycles. The number of morpholine rings is 1. The molecule has 0 atom stereocenters. The van der Waals surface area contributed by atoms with Crippen molar-refractivity contribution in [3.63, 3.8) is 0 Å². The van der Waals surface area contributed by atoms with Gasteiger partial charge in [-0.1, -0.05) is 0 Å². The Bertz CT molecular complexity index is 1690. The van der Waals surface area contributed by atoms with E-state index in [4.69, 9.17) is 19.9 Å². The molecule has 0 aliphatic carbocycles. The number of hydrogen-bond acceptors (Lipinski definition) is 11. The van der Waals surface area contributed by atoms with Gasteiger partial charge in [0.2, 0.25) is 5.95 Å². The molecule has 1 amide bonds. The molecule has 0 unspecified atom stereocenters. The van der Waals surface area contributed by atoms with Gasteiger partial charge in [-0.2, -0.15) is 0 Å². The van der Waals surface area contributed by atoms with Gasteiger partial charge in [0, 0.05) is 43.0 Å². The standard InChI is InChI=1S/C25H23F2N9O3S/c1-35(25-28-10-14(11-29-25)24(37)34-38)12-15-9-18-19(40-15)23(36-4-6-39-7-5-36)33-21(32-18)13-2-3-16-17(8-13)31-22(30-16)20(26)27/h2-3,8-11,20,38H,4-7,12H2,1H3,(H,30,31)(H,34,37). The summed E-state index contributed by atoms with van der Waals surface area (Å²) >= 11 is 1.56. The van der Waals surface area contributed by atoms with Gasteiger partial charge in [0.1, 0.15) is 0 Å². The average molecular weight is 568 g/mol. The van der Waals surface area contributed by atoms with Gasteiger partial charge in [0.15, 0.2) is 17.5 Å². The van der Waals surface area contributed by atoms with Crippen molar-refractivity contribution < 1.29 is 23.5 Å². The summed E-state index contributed by atoms with van der Waals surface area (Å²) in [6.07, 6.45) is -0.0172. The predicted octanol–water partition coefficient (Wildman–Crippen LogP) is 3.55. The number of thiophene rings is 1. The molecule has 40 heavy (non-hydrogen) atoms. The van der Waals surface area contributed by atoms with Crippen LogP contribution in [0, 0.1) is 0 Å². The quantitative estimate of drug-likeness (QED) is 0.197. The number of anilines is 2. The van der Waals surface area contributed by atoms with Crippen molar-refractivity contribution >= 4 is 50.3 Å². The number of hydrogen-bond donors (Lipinski definition) is 3. The third-order valence-corrected chi connectivity index (χ3v) is 7.52. The third-order valence-electron chi connectivity index (χ3n) is 6.42. The van der Waals surface area contributed by atoms with E-state index in [2.05, 4.69) is 24.8 Å². The smallest absolute Gasteiger partial charge is 0.295 e. The van der Waals surface area contributed by atoms with E-state index in [1.807, 2.05) is 18.0 Å². The highest BCUT2D eigenvalue weighted by Crippen LogP contribution is 2.35. The van der Waals surface area contributed by atoms with Gasteiger partial charge >= 0.3 is 0 Å². The Morgan fingerprint density at radius 2 is 1.95 bits per heavy atom. The number of amides is 1. The normalized spacial score (nSPS) is 13.9. The largest absolute Gasteiger partial charge is 0.378 e. The molecular weight excluding hydrogens is 544 g/mol. The SMILES string of the molecule is CN(Cc1cc2nc(-c3ccc4nc(C(F)F)[nH]c4c3)nc(N3CCOCC3)c2s1)c1ncc(C(=O)NO)cn1. The zero-order valence-corrected chi connectivity index (χ0v) is 22.0. The molecule has 0 radical (unpaired) electrons. The number of nitrogens with one attached hydrogen (secondary N) is 2. The summed E-state index contributed by atoms with van der Waals surface area (Å²) in [6.45, 7) is 3.00. The van der Waals surface area contributed by atoms with Crippen LogP contribution in [0.5, 0.6) is 0 Å². The summed E-state index contributed by atoms with van der Waals surface area (Å²) in [6, 6.07) is 7.18. The van der Waals surface area contributed by atoms with E-state index in [0.29, 0.717) is 61.2 Å². The molecule has 1 aliphatic heterocycles. The summed E-state index contributed by atoms with van der Waals surface area (Å²) in [5.74, 6) is 0.603. The Morgan fingerprint density at radius 1 is 1.18 bits per heavy atom. The van der Waals surface area contributed by atoms with Crippen LogP contribution in [0.25, 0.3) is 32.6 Å². The fourth-order valence-corrected chi connectivity index (χ4v) is 5.60. The van der Waals surface area contributed by atoms with Crippen LogP contribution in [0.15, 0.2) is 36.7 Å². The highest BCUT2D eigenvalue weighted by atomic mass is 32.1. The molecule has 1 saturated heterocycles. The molecule has 206 valence electrons. The predicted molar refractivity (Wildman–Crippen MR) is 144 cm³/mol. The number of alkyl halides is 2. The summed E-state index contributed by atoms with van der Waals surface area (Å²) in [4.78, 5) is 41.4. The monoisotopic (exact) mass is 567 g/mol. The van der Waals surface area contributed by atoms with E-state index in [1.54, 1.807) is 35.0 Å². The number of aromatic nitrogens is 6. The van der Waals surface area contributed by atoms with Crippen molar-refractivity contribution in [2.24, 2.45) is 0 Å². The molecule has 0 spiro atoms. The minimum Gasteiger partial charge on any atom is -0.378 e. The van der Waals surface area contributed by atoms with Gasteiger partial charge in [0.05, 0.1) is 46.6 Å². The first-order valence-electron chi connectivity index (χ1n) is 12.3. The van der Waals surface area contributed by atoms with Gasteiger partial charge in [0.25, 0.3) is 12.3 Å². The van der Waals surface area contributed by atoms with Crippen molar-refractivity contribution in [1.82, 2.24) is 35.4 Å². The number of aromatic amines is 1. The molecule has 3 N–H and O–H groups in total. The minimum atomic E-state index is -2.69. The fraction of sp³-hybridized carbons (Fsp3) is 0.280. The minimum absolute atomic E-state index is 0.137. The number of carbonyl (C=O) groups is 1. The number of H-pyrrole nitrogens is 1. The molecule has 1 fully saturated rings. The van der Waals surface area contributed by atoms with Crippen molar-refractivity contribution in [1.29, 1.82) is 0 Å². The molecule has 0 saturated carbocycles. The van der Waals surface area contributed by atoms with Crippen LogP contribution in [0.2, 0.25) is 0 Å². The lowest BCUT2D eigenvalue weighted by molar-refractivity contribution is 0.0705. The van der Waals surface area contributed by atoms with E-state index in [0.717, 1.165) is 20.9 Å². The Labute approximate surface area is 229 Å². The molecule has 5 heterocycles. The molecule has 1 aliphatic rings. The number of ether oxygens (including phenoxy) is 1. The second kappa shape index (κ2) is 10.7. The van der Waals surface area contributed by atoms with Crippen LogP contribution in [0.1, 0.15) is 27.5 Å². The van der Waals surface area contributed by atoms with Gasteiger partial charge in [-0.05, 0) is 24.3 Å². The number of nitrogens with zero attached hydrogens (tertiary/aromatic N) is 7. The summed E-state index contributed by atoms with van der Waals surface area (Å²) < 4.78 is 32.8. The molecule has 5 aromatic rings. The van der Waals surface area contributed by atoms with E-state index in [1.165, 1.54) is 12.4 Å². The Balaban J connectivity index is 1.35. The van der Waals surface area contributed by atoms with E-state index < -0.39 is 12.3 Å². The maximum atomic E-state index is 13.2. The van der Waals surface area contributed by atoms with Gasteiger partial charge in [-0.25, -0.2) is 39.2 Å². The number of benzene rings is 1. The lowest BCUT2D eigenvalue weighted by atomic mass is 10.2. The van der Waals surface area contributed by atoms with E-state index in [-0.39, 0.29) is 11.4 Å². The zero-order valence-electron chi connectivity index (χ0n) is 21.1.